The summed E-state index contributed by atoms with van der Waals surface area (Å²) in [5.74, 6) is 0.877. The highest BCUT2D eigenvalue weighted by Gasteiger charge is 2.20. The van der Waals surface area contributed by atoms with Gasteiger partial charge < -0.3 is 4.42 Å². The maximum absolute atomic E-state index is 6.43. The highest BCUT2D eigenvalue weighted by Crippen LogP contribution is 2.40. The zero-order valence-electron chi connectivity index (χ0n) is 24.2. The van der Waals surface area contributed by atoms with Crippen LogP contribution in [0.25, 0.3) is 68.0 Å². The fourth-order valence-electron chi connectivity index (χ4n) is 5.69. The Morgan fingerprint density at radius 1 is 0.698 bits per heavy atom. The number of furan rings is 1. The second-order valence-corrected chi connectivity index (χ2v) is 10.3. The van der Waals surface area contributed by atoms with Gasteiger partial charge in [-0.05, 0) is 24.6 Å². The number of nitrogens with zero attached hydrogens (tertiary/aromatic N) is 3. The molecule has 0 spiro atoms. The van der Waals surface area contributed by atoms with E-state index >= 15 is 0 Å². The summed E-state index contributed by atoms with van der Waals surface area (Å²) in [5, 5.41) is 2.12. The van der Waals surface area contributed by atoms with Gasteiger partial charge in [-0.25, -0.2) is 15.0 Å². The summed E-state index contributed by atoms with van der Waals surface area (Å²) in [4.78, 5) is 15.1. The molecule has 0 unspecified atom stereocenters. The van der Waals surface area contributed by atoms with Gasteiger partial charge >= 0.3 is 0 Å². The minimum Gasteiger partial charge on any atom is -0.455 e. The zero-order valence-corrected chi connectivity index (χ0v) is 24.2. The van der Waals surface area contributed by atoms with Crippen molar-refractivity contribution in [2.45, 2.75) is 26.2 Å². The smallest absolute Gasteiger partial charge is 0.160 e. The van der Waals surface area contributed by atoms with E-state index in [1.54, 1.807) is 0 Å². The van der Waals surface area contributed by atoms with Crippen LogP contribution in [0.1, 0.15) is 43.1 Å². The number of pyridine rings is 1. The highest BCUT2D eigenvalue weighted by molar-refractivity contribution is 6.14. The lowest BCUT2D eigenvalue weighted by Crippen LogP contribution is -2.01. The molecule has 208 valence electrons. The van der Waals surface area contributed by atoms with Crippen LogP contribution in [0.3, 0.4) is 0 Å². The first-order chi connectivity index (χ1) is 21.3. The minimum absolute atomic E-state index is 0.145. The van der Waals surface area contributed by atoms with Gasteiger partial charge in [-0.1, -0.05) is 129 Å². The van der Waals surface area contributed by atoms with Gasteiger partial charge in [0.2, 0.25) is 0 Å². The van der Waals surface area contributed by atoms with E-state index in [0.717, 1.165) is 79.2 Å². The Kier molecular flexibility index (Phi) is 7.10. The number of hydrogen-bond donors (Lipinski definition) is 0. The molecule has 43 heavy (non-hydrogen) atoms. The first-order valence-corrected chi connectivity index (χ1v) is 14.9. The van der Waals surface area contributed by atoms with Crippen molar-refractivity contribution in [2.75, 3.05) is 0 Å². The molecule has 3 heterocycles. The number of benzene rings is 3. The number of fused-ring (bicyclic) bond motifs is 5. The minimum atomic E-state index is 0.145. The third-order valence-corrected chi connectivity index (χ3v) is 7.74. The third kappa shape index (κ3) is 4.91. The monoisotopic (exact) mass is 557 g/mol. The fourth-order valence-corrected chi connectivity index (χ4v) is 5.69. The van der Waals surface area contributed by atoms with Crippen LogP contribution in [0.5, 0.6) is 0 Å². The summed E-state index contributed by atoms with van der Waals surface area (Å²) in [5.41, 5.74) is 9.58. The Morgan fingerprint density at radius 3 is 2.23 bits per heavy atom. The molecular weight excluding hydrogens is 526 g/mol. The average molecular weight is 558 g/mol. The quantitative estimate of drug-likeness (QED) is 0.216. The molecular formula is C39H31N3O. The van der Waals surface area contributed by atoms with E-state index < -0.39 is 0 Å². The second-order valence-electron chi connectivity index (χ2n) is 10.3. The van der Waals surface area contributed by atoms with Crippen LogP contribution >= 0.6 is 0 Å². The molecule has 0 bridgehead atoms. The van der Waals surface area contributed by atoms with Crippen LogP contribution in [0.2, 0.25) is 0 Å². The third-order valence-electron chi connectivity index (χ3n) is 7.74. The Labute approximate surface area is 251 Å². The van der Waals surface area contributed by atoms with Crippen LogP contribution in [-0.4, -0.2) is 15.0 Å². The molecule has 0 atom stereocenters. The fraction of sp³-hybridized carbons (Fsp3) is 0.103. The first kappa shape index (κ1) is 26.5. The largest absolute Gasteiger partial charge is 0.455 e. The summed E-state index contributed by atoms with van der Waals surface area (Å²) in [6.45, 7) is 4.00. The lowest BCUT2D eigenvalue weighted by atomic mass is 9.99. The summed E-state index contributed by atoms with van der Waals surface area (Å²) < 4.78 is 6.43. The lowest BCUT2D eigenvalue weighted by Gasteiger charge is -2.12. The topological polar surface area (TPSA) is 51.8 Å². The Hall–Kier alpha value is -5.35. The highest BCUT2D eigenvalue weighted by atomic mass is 16.3. The van der Waals surface area contributed by atoms with Crippen molar-refractivity contribution in [3.05, 3.63) is 138 Å². The summed E-state index contributed by atoms with van der Waals surface area (Å²) in [7, 11) is 0. The van der Waals surface area contributed by atoms with Crippen molar-refractivity contribution >= 4 is 34.1 Å². The van der Waals surface area contributed by atoms with Gasteiger partial charge in [0, 0.05) is 33.6 Å². The predicted octanol–water partition coefficient (Wildman–Crippen LogP) is 10.4. The molecule has 4 heteroatoms. The Morgan fingerprint density at radius 2 is 1.42 bits per heavy atom. The molecule has 0 amide bonds. The van der Waals surface area contributed by atoms with Crippen LogP contribution in [-0.2, 0) is 0 Å². The van der Waals surface area contributed by atoms with Gasteiger partial charge in [-0.2, -0.15) is 0 Å². The summed E-state index contributed by atoms with van der Waals surface area (Å²) in [6.07, 6.45) is 17.9. The van der Waals surface area contributed by atoms with Gasteiger partial charge in [0.25, 0.3) is 0 Å². The maximum atomic E-state index is 6.43. The SMILES string of the molecule is C1=CC(c2cc(-c3ccc(-c4nc5c(c6oc7ccccc7c46)C=CCC=C5)cc3)nc(-c3ccccc3)n2)C=C1.CC. The van der Waals surface area contributed by atoms with E-state index in [4.69, 9.17) is 19.4 Å². The molecule has 3 aromatic carbocycles. The molecule has 3 aromatic heterocycles. The van der Waals surface area contributed by atoms with E-state index in [2.05, 4.69) is 103 Å². The van der Waals surface area contributed by atoms with Crippen LogP contribution in [0.4, 0.5) is 0 Å². The van der Waals surface area contributed by atoms with Gasteiger partial charge in [0.05, 0.1) is 28.2 Å². The van der Waals surface area contributed by atoms with E-state index in [1.165, 1.54) is 0 Å². The predicted molar refractivity (Wildman–Crippen MR) is 178 cm³/mol. The summed E-state index contributed by atoms with van der Waals surface area (Å²) >= 11 is 0. The van der Waals surface area contributed by atoms with E-state index in [9.17, 15) is 0 Å². The molecule has 6 aromatic rings. The first-order valence-electron chi connectivity index (χ1n) is 14.9. The van der Waals surface area contributed by atoms with Crippen molar-refractivity contribution in [1.82, 2.24) is 15.0 Å². The van der Waals surface area contributed by atoms with E-state index in [1.807, 2.05) is 44.2 Å². The number of hydrogen-bond acceptors (Lipinski definition) is 4. The number of para-hydroxylation sites is 1. The summed E-state index contributed by atoms with van der Waals surface area (Å²) in [6, 6.07) is 29.0. The van der Waals surface area contributed by atoms with E-state index in [-0.39, 0.29) is 5.92 Å². The number of aromatic nitrogens is 3. The molecule has 0 saturated carbocycles. The molecule has 0 aliphatic heterocycles. The van der Waals surface area contributed by atoms with Crippen molar-refractivity contribution < 1.29 is 4.42 Å². The maximum Gasteiger partial charge on any atom is 0.160 e. The molecule has 8 rings (SSSR count). The molecule has 4 nitrogen and oxygen atoms in total. The molecule has 0 N–H and O–H groups in total. The van der Waals surface area contributed by atoms with Gasteiger partial charge in [-0.3, -0.25) is 0 Å². The number of allylic oxidation sites excluding steroid dienone is 6. The molecule has 2 aliphatic rings. The van der Waals surface area contributed by atoms with Gasteiger partial charge in [0.1, 0.15) is 11.2 Å². The molecule has 0 saturated heterocycles. The van der Waals surface area contributed by atoms with Crippen LogP contribution in [0, 0.1) is 0 Å². The molecule has 2 aliphatic carbocycles. The molecule has 0 fully saturated rings. The lowest BCUT2D eigenvalue weighted by molar-refractivity contribution is 0.667. The van der Waals surface area contributed by atoms with Crippen molar-refractivity contribution in [2.24, 2.45) is 0 Å². The molecule has 0 radical (unpaired) electrons. The average Bonchev–Trinajstić information content (AvgIpc) is 3.69. The van der Waals surface area contributed by atoms with Crippen LogP contribution in [0.15, 0.2) is 126 Å². The second kappa shape index (κ2) is 11.5. The van der Waals surface area contributed by atoms with Gasteiger partial charge in [0.15, 0.2) is 5.82 Å². The van der Waals surface area contributed by atoms with Crippen LogP contribution < -0.4 is 0 Å². The van der Waals surface area contributed by atoms with Crippen molar-refractivity contribution in [1.29, 1.82) is 0 Å². The Bertz CT molecular complexity index is 2050. The van der Waals surface area contributed by atoms with Gasteiger partial charge in [-0.15, -0.1) is 0 Å². The van der Waals surface area contributed by atoms with Crippen molar-refractivity contribution in [3.63, 3.8) is 0 Å². The van der Waals surface area contributed by atoms with E-state index in [0.29, 0.717) is 0 Å². The number of rotatable bonds is 4. The van der Waals surface area contributed by atoms with Crippen molar-refractivity contribution in [3.8, 4) is 33.9 Å². The normalized spacial score (nSPS) is 13.7. The zero-order chi connectivity index (χ0) is 29.2. The Balaban J connectivity index is 0.00000147. The standard InChI is InChI=1S/C37H25N3O.C2H6/c1-3-13-27(14-4-1)37-39-31(24-11-7-8-12-24)23-32(40-37)25-19-21-26(22-20-25)35-34-29-16-9-10-18-33(29)41-36(34)28-15-5-2-6-17-30(28)38-35;1-2/h1,3-24H,2H2;1-2H3.